The number of alkyl halides is 2. The van der Waals surface area contributed by atoms with Crippen LogP contribution in [0.15, 0.2) is 12.2 Å². The summed E-state index contributed by atoms with van der Waals surface area (Å²) in [5.41, 5.74) is 0. The number of esters is 2. The second-order valence-electron chi connectivity index (χ2n) is 15.2. The summed E-state index contributed by atoms with van der Waals surface area (Å²) in [4.78, 5) is 39.0. The summed E-state index contributed by atoms with van der Waals surface area (Å²) in [5.74, 6) is -0.768. The first kappa shape index (κ1) is 48.8. The molecular formula is C43H78F2N2O6. The molecule has 1 unspecified atom stereocenters. The molecule has 0 aromatic carbocycles. The minimum Gasteiger partial charge on any atom is -0.462 e. The lowest BCUT2D eigenvalue weighted by Gasteiger charge is -2.38. The zero-order valence-corrected chi connectivity index (χ0v) is 33.9. The van der Waals surface area contributed by atoms with Gasteiger partial charge in [-0.2, -0.15) is 0 Å². The molecule has 1 amide bonds. The summed E-state index contributed by atoms with van der Waals surface area (Å²) in [5, 5.41) is 2.64. The SMILES string of the molecule is CCCCCCCC/C=C\CCCCCCCC(=O)OC(COC(=O)CCCCCCCCCCCCCCC)COC(=O)NC1CN(CC(F)F)C1. The third kappa shape index (κ3) is 31.8. The molecule has 1 atom stereocenters. The van der Waals surface area contributed by atoms with Crippen LogP contribution in [0, 0.1) is 0 Å². The maximum absolute atomic E-state index is 12.6. The van der Waals surface area contributed by atoms with Crippen LogP contribution >= 0.6 is 0 Å². The molecule has 1 heterocycles. The number of ether oxygens (including phenoxy) is 3. The van der Waals surface area contributed by atoms with Crippen molar-refractivity contribution in [2.75, 3.05) is 32.8 Å². The summed E-state index contributed by atoms with van der Waals surface area (Å²) < 4.78 is 41.4. The van der Waals surface area contributed by atoms with E-state index in [4.69, 9.17) is 14.2 Å². The van der Waals surface area contributed by atoms with Crippen LogP contribution in [0.25, 0.3) is 0 Å². The van der Waals surface area contributed by atoms with E-state index in [1.165, 1.54) is 109 Å². The molecule has 0 bridgehead atoms. The van der Waals surface area contributed by atoms with Gasteiger partial charge < -0.3 is 19.5 Å². The van der Waals surface area contributed by atoms with Crippen LogP contribution in [0.2, 0.25) is 0 Å². The minimum atomic E-state index is -2.42. The van der Waals surface area contributed by atoms with E-state index in [1.54, 1.807) is 4.90 Å². The fraction of sp³-hybridized carbons (Fsp3) is 0.884. The second kappa shape index (κ2) is 35.5. The van der Waals surface area contributed by atoms with Crippen molar-refractivity contribution >= 4 is 18.0 Å². The molecule has 310 valence electrons. The smallest absolute Gasteiger partial charge is 0.407 e. The first-order valence-electron chi connectivity index (χ1n) is 21.8. The van der Waals surface area contributed by atoms with Crippen LogP contribution in [-0.4, -0.2) is 74.4 Å². The Morgan fingerprint density at radius 3 is 1.49 bits per heavy atom. The summed E-state index contributed by atoms with van der Waals surface area (Å²) in [6, 6.07) is -0.276. The molecule has 0 aliphatic carbocycles. The Morgan fingerprint density at radius 1 is 0.604 bits per heavy atom. The lowest BCUT2D eigenvalue weighted by atomic mass is 10.0. The summed E-state index contributed by atoms with van der Waals surface area (Å²) in [7, 11) is 0. The summed E-state index contributed by atoms with van der Waals surface area (Å²) in [6.07, 6.45) is 32.2. The van der Waals surface area contributed by atoms with Crippen LogP contribution in [0.4, 0.5) is 13.6 Å². The Hall–Kier alpha value is -2.23. The standard InChI is InChI=1S/C43H78F2N2O6/c1-3-5-7-9-11-13-15-17-18-20-22-24-26-28-30-32-42(49)53-39(37-52-43(50)46-38-33-47(34-38)35-40(44)45)36-51-41(48)31-29-27-25-23-21-19-16-14-12-10-8-6-4-2/h17-18,38-40H,3-16,19-37H2,1-2H3,(H,46,50)/b18-17-. The Labute approximate surface area is 322 Å². The Balaban J connectivity index is 2.26. The highest BCUT2D eigenvalue weighted by Gasteiger charge is 2.30. The lowest BCUT2D eigenvalue weighted by Crippen LogP contribution is -2.60. The molecule has 0 saturated carbocycles. The highest BCUT2D eigenvalue weighted by Crippen LogP contribution is 2.15. The van der Waals surface area contributed by atoms with Gasteiger partial charge in [-0.05, 0) is 38.5 Å². The van der Waals surface area contributed by atoms with Crippen molar-refractivity contribution in [3.8, 4) is 0 Å². The second-order valence-corrected chi connectivity index (χ2v) is 15.2. The van der Waals surface area contributed by atoms with Crippen LogP contribution in [-0.2, 0) is 23.8 Å². The number of likely N-dealkylation sites (tertiary alicyclic amines) is 1. The highest BCUT2D eigenvalue weighted by molar-refractivity contribution is 5.70. The van der Waals surface area contributed by atoms with Gasteiger partial charge in [-0.25, -0.2) is 13.6 Å². The van der Waals surface area contributed by atoms with Gasteiger partial charge in [-0.15, -0.1) is 0 Å². The van der Waals surface area contributed by atoms with E-state index < -0.39 is 24.6 Å². The van der Waals surface area contributed by atoms with Gasteiger partial charge >= 0.3 is 18.0 Å². The van der Waals surface area contributed by atoms with Crippen LogP contribution in [0.1, 0.15) is 194 Å². The number of amides is 1. The van der Waals surface area contributed by atoms with E-state index >= 15 is 0 Å². The van der Waals surface area contributed by atoms with Gasteiger partial charge in [-0.3, -0.25) is 14.5 Å². The average Bonchev–Trinajstić information content (AvgIpc) is 3.11. The van der Waals surface area contributed by atoms with E-state index in [2.05, 4.69) is 31.3 Å². The number of rotatable bonds is 37. The Bertz CT molecular complexity index is 915. The van der Waals surface area contributed by atoms with E-state index in [-0.39, 0.29) is 38.2 Å². The molecule has 10 heteroatoms. The zero-order chi connectivity index (χ0) is 38.6. The van der Waals surface area contributed by atoms with Crippen molar-refractivity contribution in [3.63, 3.8) is 0 Å². The van der Waals surface area contributed by atoms with E-state index in [0.29, 0.717) is 25.9 Å². The molecule has 1 rings (SSSR count). The van der Waals surface area contributed by atoms with Crippen molar-refractivity contribution in [1.29, 1.82) is 0 Å². The predicted octanol–water partition coefficient (Wildman–Crippen LogP) is 11.6. The third-order valence-electron chi connectivity index (χ3n) is 9.93. The number of alkyl carbamates (subject to hydrolysis) is 1. The van der Waals surface area contributed by atoms with Gasteiger partial charge in [0, 0.05) is 25.9 Å². The lowest BCUT2D eigenvalue weighted by molar-refractivity contribution is -0.161. The molecule has 0 spiro atoms. The minimum absolute atomic E-state index is 0.186. The Kier molecular flexibility index (Phi) is 32.7. The topological polar surface area (TPSA) is 94.2 Å². The number of allylic oxidation sites excluding steroid dienone is 2. The number of carbonyl (C=O) groups is 3. The first-order valence-corrected chi connectivity index (χ1v) is 21.8. The summed E-state index contributed by atoms with van der Waals surface area (Å²) in [6.45, 7) is 4.37. The van der Waals surface area contributed by atoms with Crippen molar-refractivity contribution < 1.29 is 37.4 Å². The van der Waals surface area contributed by atoms with Gasteiger partial charge in [0.15, 0.2) is 6.10 Å². The van der Waals surface area contributed by atoms with E-state index in [1.807, 2.05) is 0 Å². The molecule has 1 saturated heterocycles. The normalized spacial score (nSPS) is 14.1. The third-order valence-corrected chi connectivity index (χ3v) is 9.93. The molecule has 0 aromatic heterocycles. The number of unbranched alkanes of at least 4 members (excludes halogenated alkanes) is 23. The largest absolute Gasteiger partial charge is 0.462 e. The van der Waals surface area contributed by atoms with Gasteiger partial charge in [0.25, 0.3) is 6.43 Å². The van der Waals surface area contributed by atoms with Crippen molar-refractivity contribution in [2.24, 2.45) is 0 Å². The molecule has 1 aliphatic heterocycles. The van der Waals surface area contributed by atoms with Crippen molar-refractivity contribution in [2.45, 2.75) is 212 Å². The van der Waals surface area contributed by atoms with Crippen molar-refractivity contribution in [1.82, 2.24) is 10.2 Å². The van der Waals surface area contributed by atoms with Crippen molar-refractivity contribution in [3.05, 3.63) is 12.2 Å². The number of halogens is 2. The summed E-state index contributed by atoms with van der Waals surface area (Å²) >= 11 is 0. The Morgan fingerprint density at radius 2 is 1.02 bits per heavy atom. The molecule has 0 aromatic rings. The highest BCUT2D eigenvalue weighted by atomic mass is 19.3. The number of nitrogens with zero attached hydrogens (tertiary/aromatic N) is 1. The van der Waals surface area contributed by atoms with Gasteiger partial charge in [0.05, 0.1) is 12.6 Å². The molecular weight excluding hydrogens is 678 g/mol. The molecule has 0 radical (unpaired) electrons. The zero-order valence-electron chi connectivity index (χ0n) is 33.9. The van der Waals surface area contributed by atoms with Crippen LogP contribution in [0.5, 0.6) is 0 Å². The quantitative estimate of drug-likeness (QED) is 0.0292. The maximum Gasteiger partial charge on any atom is 0.407 e. The van der Waals surface area contributed by atoms with E-state index in [9.17, 15) is 23.2 Å². The number of nitrogens with one attached hydrogen (secondary N) is 1. The molecule has 1 N–H and O–H groups in total. The van der Waals surface area contributed by atoms with Gasteiger partial charge in [0.2, 0.25) is 0 Å². The first-order chi connectivity index (χ1) is 25.8. The number of hydrogen-bond donors (Lipinski definition) is 1. The average molecular weight is 757 g/mol. The van der Waals surface area contributed by atoms with Gasteiger partial charge in [0.1, 0.15) is 13.2 Å². The maximum atomic E-state index is 12.6. The number of hydrogen-bond acceptors (Lipinski definition) is 7. The number of carbonyl (C=O) groups excluding carboxylic acids is 3. The van der Waals surface area contributed by atoms with E-state index in [0.717, 1.165) is 51.4 Å². The van der Waals surface area contributed by atoms with Gasteiger partial charge in [-0.1, -0.05) is 154 Å². The monoisotopic (exact) mass is 757 g/mol. The predicted molar refractivity (Wildman–Crippen MR) is 211 cm³/mol. The van der Waals surface area contributed by atoms with Crippen LogP contribution < -0.4 is 5.32 Å². The molecule has 1 aliphatic rings. The fourth-order valence-corrected chi connectivity index (χ4v) is 6.63. The fourth-order valence-electron chi connectivity index (χ4n) is 6.63. The molecule has 1 fully saturated rings. The molecule has 53 heavy (non-hydrogen) atoms. The van der Waals surface area contributed by atoms with Crippen LogP contribution in [0.3, 0.4) is 0 Å². The molecule has 8 nitrogen and oxygen atoms in total.